The fourth-order valence-electron chi connectivity index (χ4n) is 1.99. The minimum absolute atomic E-state index is 0.400. The predicted octanol–water partition coefficient (Wildman–Crippen LogP) is 4.36. The van der Waals surface area contributed by atoms with E-state index in [1.54, 1.807) is 11.3 Å². The number of nitrogens with zero attached hydrogens (tertiary/aromatic N) is 2. The molecular weight excluding hydrogens is 268 g/mol. The fraction of sp³-hybridized carbons (Fsp3) is 0.600. The van der Waals surface area contributed by atoms with E-state index in [0.29, 0.717) is 12.0 Å². The predicted molar refractivity (Wildman–Crippen MR) is 88.7 cm³/mol. The highest BCUT2D eigenvalue weighted by Crippen LogP contribution is 2.27. The molecule has 4 nitrogen and oxygen atoms in total. The maximum absolute atomic E-state index is 4.64. The Morgan fingerprint density at radius 3 is 2.75 bits per heavy atom. The molecule has 0 bridgehead atoms. The fourth-order valence-corrected chi connectivity index (χ4v) is 2.76. The van der Waals surface area contributed by atoms with Crippen LogP contribution in [-0.2, 0) is 0 Å². The van der Waals surface area contributed by atoms with Gasteiger partial charge < -0.3 is 10.6 Å². The molecule has 2 unspecified atom stereocenters. The Morgan fingerprint density at radius 1 is 1.25 bits per heavy atom. The SMILES string of the molecule is CCCNc1nc(NC(C)C(C)CC)c2ccsc2n1. The first kappa shape index (κ1) is 15.0. The van der Waals surface area contributed by atoms with Gasteiger partial charge in [0.2, 0.25) is 5.95 Å². The monoisotopic (exact) mass is 292 g/mol. The number of fused-ring (bicyclic) bond motifs is 1. The zero-order valence-electron chi connectivity index (χ0n) is 12.7. The molecule has 2 atom stereocenters. The standard InChI is InChI=1S/C15H24N4S/c1-5-8-16-15-18-13(17-11(4)10(3)6-2)12-7-9-20-14(12)19-15/h7,9-11H,5-6,8H2,1-4H3,(H2,16,17,18,19). The zero-order chi connectivity index (χ0) is 14.5. The second kappa shape index (κ2) is 6.88. The van der Waals surface area contributed by atoms with Gasteiger partial charge in [-0.2, -0.15) is 4.98 Å². The summed E-state index contributed by atoms with van der Waals surface area (Å²) in [6.45, 7) is 9.74. The van der Waals surface area contributed by atoms with Gasteiger partial charge in [-0.3, -0.25) is 0 Å². The molecule has 0 saturated carbocycles. The van der Waals surface area contributed by atoms with Crippen LogP contribution in [0.25, 0.3) is 10.2 Å². The number of nitrogens with one attached hydrogen (secondary N) is 2. The number of thiophene rings is 1. The molecule has 2 aromatic heterocycles. The van der Waals surface area contributed by atoms with Crippen molar-refractivity contribution in [2.45, 2.75) is 46.6 Å². The van der Waals surface area contributed by atoms with Crippen molar-refractivity contribution in [3.05, 3.63) is 11.4 Å². The Hall–Kier alpha value is -1.36. The lowest BCUT2D eigenvalue weighted by atomic mass is 10.0. The van der Waals surface area contributed by atoms with Gasteiger partial charge in [-0.05, 0) is 30.7 Å². The summed E-state index contributed by atoms with van der Waals surface area (Å²) < 4.78 is 0. The molecule has 0 aliphatic carbocycles. The van der Waals surface area contributed by atoms with E-state index in [2.05, 4.69) is 59.7 Å². The van der Waals surface area contributed by atoms with Gasteiger partial charge in [-0.25, -0.2) is 4.98 Å². The maximum Gasteiger partial charge on any atom is 0.226 e. The van der Waals surface area contributed by atoms with Crippen molar-refractivity contribution < 1.29 is 0 Å². The Kier molecular flexibility index (Phi) is 5.17. The summed E-state index contributed by atoms with van der Waals surface area (Å²) in [6, 6.07) is 2.49. The van der Waals surface area contributed by atoms with Gasteiger partial charge in [0, 0.05) is 12.6 Å². The number of anilines is 2. The second-order valence-electron chi connectivity index (χ2n) is 5.28. The van der Waals surface area contributed by atoms with Gasteiger partial charge in [-0.15, -0.1) is 11.3 Å². The van der Waals surface area contributed by atoms with Crippen molar-refractivity contribution in [3.8, 4) is 0 Å². The first-order chi connectivity index (χ1) is 9.65. The van der Waals surface area contributed by atoms with Crippen molar-refractivity contribution in [1.29, 1.82) is 0 Å². The molecule has 0 fully saturated rings. The van der Waals surface area contributed by atoms with Crippen molar-refractivity contribution in [2.75, 3.05) is 17.2 Å². The maximum atomic E-state index is 4.64. The Labute approximate surface area is 125 Å². The Morgan fingerprint density at radius 2 is 2.05 bits per heavy atom. The highest BCUT2D eigenvalue weighted by atomic mass is 32.1. The molecule has 0 aliphatic rings. The molecule has 20 heavy (non-hydrogen) atoms. The molecule has 0 aliphatic heterocycles. The minimum Gasteiger partial charge on any atom is -0.367 e. The number of aromatic nitrogens is 2. The largest absolute Gasteiger partial charge is 0.367 e. The van der Waals surface area contributed by atoms with Crippen LogP contribution in [0.1, 0.15) is 40.5 Å². The summed E-state index contributed by atoms with van der Waals surface area (Å²) in [4.78, 5) is 10.2. The molecule has 0 saturated heterocycles. The lowest BCUT2D eigenvalue weighted by molar-refractivity contribution is 0.494. The van der Waals surface area contributed by atoms with Crippen molar-refractivity contribution in [1.82, 2.24) is 9.97 Å². The van der Waals surface area contributed by atoms with Crippen LogP contribution < -0.4 is 10.6 Å². The highest BCUT2D eigenvalue weighted by Gasteiger charge is 2.14. The van der Waals surface area contributed by atoms with Crippen LogP contribution >= 0.6 is 11.3 Å². The minimum atomic E-state index is 0.400. The van der Waals surface area contributed by atoms with E-state index in [-0.39, 0.29) is 0 Å². The van der Waals surface area contributed by atoms with Crippen LogP contribution in [-0.4, -0.2) is 22.6 Å². The third-order valence-electron chi connectivity index (χ3n) is 3.72. The molecule has 2 aromatic rings. The van der Waals surface area contributed by atoms with Gasteiger partial charge >= 0.3 is 0 Å². The van der Waals surface area contributed by atoms with E-state index >= 15 is 0 Å². The average Bonchev–Trinajstić information content (AvgIpc) is 2.92. The van der Waals surface area contributed by atoms with Gasteiger partial charge in [-0.1, -0.05) is 27.2 Å². The summed E-state index contributed by atoms with van der Waals surface area (Å²) in [5.74, 6) is 2.29. The topological polar surface area (TPSA) is 49.8 Å². The summed E-state index contributed by atoms with van der Waals surface area (Å²) >= 11 is 1.66. The van der Waals surface area contributed by atoms with Crippen molar-refractivity contribution in [3.63, 3.8) is 0 Å². The van der Waals surface area contributed by atoms with E-state index in [1.165, 1.54) is 0 Å². The summed E-state index contributed by atoms with van der Waals surface area (Å²) in [7, 11) is 0. The van der Waals surface area contributed by atoms with E-state index in [9.17, 15) is 0 Å². The van der Waals surface area contributed by atoms with Crippen molar-refractivity contribution in [2.24, 2.45) is 5.92 Å². The van der Waals surface area contributed by atoms with Crippen LogP contribution in [0.15, 0.2) is 11.4 Å². The van der Waals surface area contributed by atoms with Gasteiger partial charge in [0.05, 0.1) is 5.39 Å². The van der Waals surface area contributed by atoms with E-state index in [1.807, 2.05) is 0 Å². The van der Waals surface area contributed by atoms with Crippen LogP contribution in [0.2, 0.25) is 0 Å². The van der Waals surface area contributed by atoms with Crippen LogP contribution in [0, 0.1) is 5.92 Å². The third kappa shape index (κ3) is 3.39. The second-order valence-corrected chi connectivity index (χ2v) is 6.18. The van der Waals surface area contributed by atoms with E-state index < -0.39 is 0 Å². The molecule has 2 rings (SSSR count). The van der Waals surface area contributed by atoms with Gasteiger partial charge in [0.15, 0.2) is 0 Å². The quantitative estimate of drug-likeness (QED) is 0.796. The molecule has 0 aromatic carbocycles. The molecular formula is C15H24N4S. The number of rotatable bonds is 7. The highest BCUT2D eigenvalue weighted by molar-refractivity contribution is 7.16. The number of hydrogen-bond acceptors (Lipinski definition) is 5. The van der Waals surface area contributed by atoms with Crippen molar-refractivity contribution >= 4 is 33.3 Å². The molecule has 110 valence electrons. The zero-order valence-corrected chi connectivity index (χ0v) is 13.5. The summed E-state index contributed by atoms with van der Waals surface area (Å²) in [6.07, 6.45) is 2.23. The molecule has 2 heterocycles. The van der Waals surface area contributed by atoms with Crippen LogP contribution in [0.4, 0.5) is 11.8 Å². The molecule has 0 spiro atoms. The lowest BCUT2D eigenvalue weighted by Crippen LogP contribution is -2.24. The molecule has 0 amide bonds. The van der Waals surface area contributed by atoms with Crippen LogP contribution in [0.3, 0.4) is 0 Å². The molecule has 2 N–H and O–H groups in total. The van der Waals surface area contributed by atoms with E-state index in [4.69, 9.17) is 0 Å². The first-order valence-corrected chi connectivity index (χ1v) is 8.29. The van der Waals surface area contributed by atoms with Gasteiger partial charge in [0.1, 0.15) is 10.6 Å². The summed E-state index contributed by atoms with van der Waals surface area (Å²) in [5, 5.41) is 10.0. The molecule has 5 heteroatoms. The summed E-state index contributed by atoms with van der Waals surface area (Å²) in [5.41, 5.74) is 0. The van der Waals surface area contributed by atoms with E-state index in [0.717, 1.165) is 41.4 Å². The normalized spacial score (nSPS) is 14.2. The van der Waals surface area contributed by atoms with Crippen LogP contribution in [0.5, 0.6) is 0 Å². The Balaban J connectivity index is 2.27. The molecule has 0 radical (unpaired) electrons. The average molecular weight is 292 g/mol. The number of hydrogen-bond donors (Lipinski definition) is 2. The van der Waals surface area contributed by atoms with Gasteiger partial charge in [0.25, 0.3) is 0 Å². The first-order valence-electron chi connectivity index (χ1n) is 7.41. The Bertz CT molecular complexity index is 552. The smallest absolute Gasteiger partial charge is 0.226 e. The third-order valence-corrected chi connectivity index (χ3v) is 4.53. The lowest BCUT2D eigenvalue weighted by Gasteiger charge is -2.21.